The lowest BCUT2D eigenvalue weighted by Gasteiger charge is -2.03. The van der Waals surface area contributed by atoms with E-state index in [9.17, 15) is 8.42 Å². The van der Waals surface area contributed by atoms with E-state index in [0.29, 0.717) is 11.5 Å². The Hall–Kier alpha value is -1.05. The molecule has 0 radical (unpaired) electrons. The largest absolute Gasteiger partial charge is 0.466 e. The molecular weight excluding hydrogens is 262 g/mol. The van der Waals surface area contributed by atoms with Gasteiger partial charge < -0.3 is 0 Å². The molecule has 1 N–H and O–H groups in total. The van der Waals surface area contributed by atoms with E-state index in [-0.39, 0.29) is 0 Å². The number of benzene rings is 1. The monoisotopic (exact) mass is 275 g/mol. The highest BCUT2D eigenvalue weighted by Crippen LogP contribution is 2.11. The number of thioether (sulfide) groups is 1. The highest BCUT2D eigenvalue weighted by atomic mass is 32.3. The summed E-state index contributed by atoms with van der Waals surface area (Å²) in [6.07, 6.45) is 0.467. The van der Waals surface area contributed by atoms with Crippen LogP contribution in [0.3, 0.4) is 0 Å². The van der Waals surface area contributed by atoms with Gasteiger partial charge in [-0.2, -0.15) is 8.42 Å². The minimum Gasteiger partial charge on any atom is -0.253 e. The quantitative estimate of drug-likeness (QED) is 0.385. The molecule has 0 aliphatic heterocycles. The summed E-state index contributed by atoms with van der Waals surface area (Å²) in [5.41, 5.74) is 0.992. The topological polar surface area (TPSA) is 76.0 Å². The molecule has 0 saturated carbocycles. The standard InChI is InChI=1S/C10H13NO4S2/c1-2-16-10(11-15-17(12,13)14)8-9-6-4-3-5-7-9/h3-7H,2,8H2,1H3,(H,12,13,14)/b11-10+. The van der Waals surface area contributed by atoms with Crippen molar-refractivity contribution in [1.29, 1.82) is 0 Å². The highest BCUT2D eigenvalue weighted by Gasteiger charge is 2.07. The van der Waals surface area contributed by atoms with Gasteiger partial charge >= 0.3 is 10.4 Å². The van der Waals surface area contributed by atoms with Gasteiger partial charge in [0, 0.05) is 6.42 Å². The van der Waals surface area contributed by atoms with E-state index in [4.69, 9.17) is 4.55 Å². The van der Waals surface area contributed by atoms with Crippen molar-refractivity contribution in [1.82, 2.24) is 0 Å². The van der Waals surface area contributed by atoms with Crippen LogP contribution in [0, 0.1) is 0 Å². The Kier molecular flexibility index (Phi) is 5.46. The van der Waals surface area contributed by atoms with Crippen LogP contribution in [0.2, 0.25) is 0 Å². The molecule has 0 aromatic heterocycles. The first-order chi connectivity index (χ1) is 8.01. The SMILES string of the molecule is CCS/C(Cc1ccccc1)=N/OS(=O)(=O)O. The first-order valence-corrected chi connectivity index (χ1v) is 7.26. The summed E-state index contributed by atoms with van der Waals surface area (Å²) in [4.78, 5) is 0. The van der Waals surface area contributed by atoms with Gasteiger partial charge in [-0.1, -0.05) is 42.4 Å². The third kappa shape index (κ3) is 6.30. The lowest BCUT2D eigenvalue weighted by Crippen LogP contribution is -2.04. The van der Waals surface area contributed by atoms with Crippen molar-refractivity contribution in [2.24, 2.45) is 5.16 Å². The molecule has 0 heterocycles. The van der Waals surface area contributed by atoms with Crippen LogP contribution in [-0.2, 0) is 21.1 Å². The molecule has 0 spiro atoms. The maximum absolute atomic E-state index is 10.4. The van der Waals surface area contributed by atoms with Crippen LogP contribution in [-0.4, -0.2) is 23.8 Å². The first-order valence-electron chi connectivity index (χ1n) is 4.91. The summed E-state index contributed by atoms with van der Waals surface area (Å²) in [5.74, 6) is 0.737. The van der Waals surface area contributed by atoms with E-state index in [1.807, 2.05) is 37.3 Å². The predicted molar refractivity (Wildman–Crippen MR) is 68.3 cm³/mol. The average molecular weight is 275 g/mol. The number of nitrogens with zero attached hydrogens (tertiary/aromatic N) is 1. The van der Waals surface area contributed by atoms with Crippen molar-refractivity contribution in [2.45, 2.75) is 13.3 Å². The summed E-state index contributed by atoms with van der Waals surface area (Å²) in [6.45, 7) is 1.92. The zero-order valence-corrected chi connectivity index (χ0v) is 10.9. The second-order valence-corrected chi connectivity index (χ2v) is 5.42. The van der Waals surface area contributed by atoms with Gasteiger partial charge in [0.1, 0.15) is 5.04 Å². The van der Waals surface area contributed by atoms with Gasteiger partial charge in [-0.15, -0.1) is 11.8 Å². The second-order valence-electron chi connectivity index (χ2n) is 3.08. The number of rotatable bonds is 5. The molecule has 5 nitrogen and oxygen atoms in total. The van der Waals surface area contributed by atoms with E-state index in [1.165, 1.54) is 11.8 Å². The van der Waals surface area contributed by atoms with Gasteiger partial charge in [0.05, 0.1) is 0 Å². The zero-order valence-electron chi connectivity index (χ0n) is 9.24. The molecule has 0 aliphatic rings. The molecule has 94 valence electrons. The average Bonchev–Trinajstić information content (AvgIpc) is 2.27. The number of hydrogen-bond acceptors (Lipinski definition) is 5. The molecule has 1 aromatic carbocycles. The minimum atomic E-state index is -4.53. The van der Waals surface area contributed by atoms with Gasteiger partial charge in [0.2, 0.25) is 0 Å². The molecular formula is C10H13NO4S2. The second kappa shape index (κ2) is 6.63. The van der Waals surface area contributed by atoms with E-state index in [1.54, 1.807) is 0 Å². The maximum Gasteiger partial charge on any atom is 0.466 e. The minimum absolute atomic E-state index is 0.467. The van der Waals surface area contributed by atoms with Crippen molar-refractivity contribution in [2.75, 3.05) is 5.75 Å². The van der Waals surface area contributed by atoms with Crippen LogP contribution in [0.1, 0.15) is 12.5 Å². The Labute approximate surface area is 105 Å². The molecule has 0 bridgehead atoms. The van der Waals surface area contributed by atoms with Crippen molar-refractivity contribution in [3.63, 3.8) is 0 Å². The Morgan fingerprint density at radius 3 is 2.59 bits per heavy atom. The van der Waals surface area contributed by atoms with Gasteiger partial charge in [0.25, 0.3) is 0 Å². The van der Waals surface area contributed by atoms with Crippen LogP contribution >= 0.6 is 11.8 Å². The van der Waals surface area contributed by atoms with Gasteiger partial charge in [-0.25, -0.2) is 4.28 Å². The molecule has 0 saturated heterocycles. The van der Waals surface area contributed by atoms with E-state index >= 15 is 0 Å². The smallest absolute Gasteiger partial charge is 0.253 e. The van der Waals surface area contributed by atoms with Crippen molar-refractivity contribution < 1.29 is 17.3 Å². The summed E-state index contributed by atoms with van der Waals surface area (Å²) in [7, 11) is -4.53. The third-order valence-electron chi connectivity index (χ3n) is 1.74. The van der Waals surface area contributed by atoms with E-state index in [2.05, 4.69) is 9.44 Å². The highest BCUT2D eigenvalue weighted by molar-refractivity contribution is 8.13. The first kappa shape index (κ1) is 14.0. The summed E-state index contributed by atoms with van der Waals surface area (Å²) in [5, 5.41) is 3.92. The van der Waals surface area contributed by atoms with Crippen LogP contribution in [0.25, 0.3) is 0 Å². The van der Waals surface area contributed by atoms with Gasteiger partial charge in [0.15, 0.2) is 0 Å². The lowest BCUT2D eigenvalue weighted by atomic mass is 10.2. The number of hydrogen-bond donors (Lipinski definition) is 1. The summed E-state index contributed by atoms with van der Waals surface area (Å²) < 4.78 is 33.3. The van der Waals surface area contributed by atoms with Crippen LogP contribution in [0.15, 0.2) is 35.5 Å². The molecule has 7 heteroatoms. The Balaban J connectivity index is 2.73. The van der Waals surface area contributed by atoms with Crippen LogP contribution in [0.5, 0.6) is 0 Å². The molecule has 0 amide bonds. The number of oxime groups is 1. The third-order valence-corrected chi connectivity index (χ3v) is 2.85. The van der Waals surface area contributed by atoms with Crippen LogP contribution < -0.4 is 0 Å². The zero-order chi connectivity index (χ0) is 12.7. The predicted octanol–water partition coefficient (Wildman–Crippen LogP) is 2.12. The van der Waals surface area contributed by atoms with E-state index < -0.39 is 10.4 Å². The van der Waals surface area contributed by atoms with Gasteiger partial charge in [-0.05, 0) is 11.3 Å². The molecule has 1 rings (SSSR count). The Morgan fingerprint density at radius 2 is 2.06 bits per heavy atom. The molecule has 0 fully saturated rings. The molecule has 17 heavy (non-hydrogen) atoms. The van der Waals surface area contributed by atoms with Crippen molar-refractivity contribution >= 4 is 27.2 Å². The van der Waals surface area contributed by atoms with Gasteiger partial charge in [-0.3, -0.25) is 4.55 Å². The fourth-order valence-electron chi connectivity index (χ4n) is 1.14. The van der Waals surface area contributed by atoms with E-state index in [0.717, 1.165) is 11.3 Å². The summed E-state index contributed by atoms with van der Waals surface area (Å²) in [6, 6.07) is 9.46. The molecule has 0 aliphatic carbocycles. The normalized spacial score (nSPS) is 12.5. The molecule has 0 atom stereocenters. The van der Waals surface area contributed by atoms with Crippen molar-refractivity contribution in [3.05, 3.63) is 35.9 Å². The Morgan fingerprint density at radius 1 is 1.41 bits per heavy atom. The van der Waals surface area contributed by atoms with Crippen LogP contribution in [0.4, 0.5) is 0 Å². The summed E-state index contributed by atoms with van der Waals surface area (Å²) >= 11 is 1.36. The fourth-order valence-corrected chi connectivity index (χ4v) is 2.06. The lowest BCUT2D eigenvalue weighted by molar-refractivity contribution is 0.283. The van der Waals surface area contributed by atoms with Crippen molar-refractivity contribution in [3.8, 4) is 0 Å². The maximum atomic E-state index is 10.4. The fraction of sp³-hybridized carbons (Fsp3) is 0.300. The molecule has 0 unspecified atom stereocenters. The Bertz CT molecular complexity index is 470. The molecule has 1 aromatic rings.